The van der Waals surface area contributed by atoms with Crippen LogP contribution in [0.3, 0.4) is 0 Å². The van der Waals surface area contributed by atoms with Crippen molar-refractivity contribution in [3.05, 3.63) is 76.9 Å². The Labute approximate surface area is 206 Å². The molecule has 0 saturated heterocycles. The molecule has 178 valence electrons. The van der Waals surface area contributed by atoms with Crippen molar-refractivity contribution in [3.63, 3.8) is 0 Å². The molecule has 34 heavy (non-hydrogen) atoms. The predicted octanol–water partition coefficient (Wildman–Crippen LogP) is 3.51. The Morgan fingerprint density at radius 2 is 1.71 bits per heavy atom. The molecule has 0 amide bonds. The molecule has 4 aromatic rings. The molecule has 7 nitrogen and oxygen atoms in total. The van der Waals surface area contributed by atoms with E-state index in [4.69, 9.17) is 0 Å². The van der Waals surface area contributed by atoms with Gasteiger partial charge in [-0.1, -0.05) is 54.6 Å². The minimum Gasteiger partial charge on any atom is -0.394 e. The van der Waals surface area contributed by atoms with Crippen LogP contribution >= 0.6 is 15.9 Å². The molecule has 2 aromatic carbocycles. The predicted molar refractivity (Wildman–Crippen MR) is 136 cm³/mol. The van der Waals surface area contributed by atoms with Crippen LogP contribution in [0.5, 0.6) is 0 Å². The highest BCUT2D eigenvalue weighted by Crippen LogP contribution is 2.38. The second kappa shape index (κ2) is 10.8. The number of hydrogen-bond donors (Lipinski definition) is 5. The standard InChI is InChI=1S/C26H28BrN3O4/c1-16(32)26(34)30(14-21(33)15-31)13-17-7-9-18(10-8-17)23-22-11-20(27)12-28-25(22)29-24(23)19-5-3-2-4-6-19/h2-12,16,21,26,31-34H,13-15H2,1H3,(H,28,29). The molecule has 0 fully saturated rings. The van der Waals surface area contributed by atoms with Crippen molar-refractivity contribution in [2.45, 2.75) is 31.9 Å². The average Bonchev–Trinajstić information content (AvgIpc) is 3.22. The number of aliphatic hydroxyl groups is 4. The number of nitrogens with one attached hydrogen (secondary N) is 1. The first-order chi connectivity index (χ1) is 16.4. The molecule has 0 aliphatic heterocycles. The number of aromatic nitrogens is 2. The number of pyridine rings is 1. The fraction of sp³-hybridized carbons (Fsp3) is 0.269. The third-order valence-corrected chi connectivity index (χ3v) is 6.20. The van der Waals surface area contributed by atoms with Crippen molar-refractivity contribution < 1.29 is 20.4 Å². The minimum absolute atomic E-state index is 0.0324. The van der Waals surface area contributed by atoms with E-state index in [1.54, 1.807) is 11.1 Å². The van der Waals surface area contributed by atoms with Gasteiger partial charge in [0.15, 0.2) is 0 Å². The van der Waals surface area contributed by atoms with E-state index in [0.29, 0.717) is 6.54 Å². The average molecular weight is 526 g/mol. The van der Waals surface area contributed by atoms with Gasteiger partial charge in [0.05, 0.1) is 24.5 Å². The molecule has 0 spiro atoms. The first kappa shape index (κ1) is 24.5. The van der Waals surface area contributed by atoms with Crippen LogP contribution in [0.15, 0.2) is 71.3 Å². The lowest BCUT2D eigenvalue weighted by molar-refractivity contribution is -0.0959. The number of benzene rings is 2. The van der Waals surface area contributed by atoms with Crippen LogP contribution in [0.25, 0.3) is 33.4 Å². The largest absolute Gasteiger partial charge is 0.394 e. The highest BCUT2D eigenvalue weighted by molar-refractivity contribution is 9.10. The zero-order chi connectivity index (χ0) is 24.2. The minimum atomic E-state index is -1.16. The van der Waals surface area contributed by atoms with Crippen LogP contribution in [-0.2, 0) is 6.54 Å². The third-order valence-electron chi connectivity index (χ3n) is 5.77. The van der Waals surface area contributed by atoms with Crippen molar-refractivity contribution in [2.24, 2.45) is 0 Å². The Morgan fingerprint density at radius 3 is 2.35 bits per heavy atom. The summed E-state index contributed by atoms with van der Waals surface area (Å²) in [6.45, 7) is 1.40. The molecule has 2 aromatic heterocycles. The Morgan fingerprint density at radius 1 is 1.00 bits per heavy atom. The first-order valence-corrected chi connectivity index (χ1v) is 11.9. The molecule has 2 heterocycles. The molecular formula is C26H28BrN3O4. The lowest BCUT2D eigenvalue weighted by Gasteiger charge is -2.31. The van der Waals surface area contributed by atoms with Gasteiger partial charge in [0.1, 0.15) is 11.9 Å². The highest BCUT2D eigenvalue weighted by atomic mass is 79.9. The molecule has 0 bridgehead atoms. The van der Waals surface area contributed by atoms with E-state index in [1.165, 1.54) is 6.92 Å². The topological polar surface area (TPSA) is 113 Å². The van der Waals surface area contributed by atoms with E-state index in [-0.39, 0.29) is 6.54 Å². The normalized spacial score (nSPS) is 14.4. The molecule has 0 radical (unpaired) electrons. The molecule has 4 rings (SSSR count). The Hall–Kier alpha value is -2.59. The van der Waals surface area contributed by atoms with Crippen LogP contribution in [0, 0.1) is 0 Å². The van der Waals surface area contributed by atoms with Crippen LogP contribution in [-0.4, -0.2) is 66.9 Å². The number of halogens is 1. The van der Waals surface area contributed by atoms with Gasteiger partial charge < -0.3 is 25.4 Å². The molecule has 0 aliphatic rings. The fourth-order valence-corrected chi connectivity index (χ4v) is 4.41. The zero-order valence-corrected chi connectivity index (χ0v) is 20.4. The second-order valence-corrected chi connectivity index (χ2v) is 9.32. The van der Waals surface area contributed by atoms with Crippen LogP contribution in [0.4, 0.5) is 0 Å². The van der Waals surface area contributed by atoms with Gasteiger partial charge in [-0.2, -0.15) is 0 Å². The smallest absolute Gasteiger partial charge is 0.138 e. The summed E-state index contributed by atoms with van der Waals surface area (Å²) < 4.78 is 0.890. The van der Waals surface area contributed by atoms with Crippen molar-refractivity contribution >= 4 is 27.0 Å². The maximum absolute atomic E-state index is 10.4. The maximum atomic E-state index is 10.4. The molecular weight excluding hydrogens is 498 g/mol. The van der Waals surface area contributed by atoms with Crippen molar-refractivity contribution in [1.29, 1.82) is 0 Å². The van der Waals surface area contributed by atoms with E-state index in [2.05, 4.69) is 38.0 Å². The lowest BCUT2D eigenvalue weighted by atomic mass is 9.98. The van der Waals surface area contributed by atoms with Crippen molar-refractivity contribution in [2.75, 3.05) is 13.2 Å². The van der Waals surface area contributed by atoms with Crippen LogP contribution in [0.2, 0.25) is 0 Å². The molecule has 0 aliphatic carbocycles. The van der Waals surface area contributed by atoms with Gasteiger partial charge >= 0.3 is 0 Å². The van der Waals surface area contributed by atoms with E-state index in [0.717, 1.165) is 43.5 Å². The summed E-state index contributed by atoms with van der Waals surface area (Å²) in [6.07, 6.45) is -1.42. The third kappa shape index (κ3) is 5.38. The molecule has 3 atom stereocenters. The quantitative estimate of drug-likeness (QED) is 0.214. The Balaban J connectivity index is 1.70. The second-order valence-electron chi connectivity index (χ2n) is 8.41. The van der Waals surface area contributed by atoms with Crippen molar-refractivity contribution in [3.8, 4) is 22.4 Å². The summed E-state index contributed by atoms with van der Waals surface area (Å²) >= 11 is 3.53. The van der Waals surface area contributed by atoms with Crippen LogP contribution < -0.4 is 0 Å². The van der Waals surface area contributed by atoms with Crippen LogP contribution in [0.1, 0.15) is 12.5 Å². The van der Waals surface area contributed by atoms with E-state index < -0.39 is 25.0 Å². The number of hydrogen-bond acceptors (Lipinski definition) is 6. The summed E-state index contributed by atoms with van der Waals surface area (Å²) in [4.78, 5) is 9.54. The number of H-pyrrole nitrogens is 1. The van der Waals surface area contributed by atoms with Gasteiger partial charge in [0, 0.05) is 34.7 Å². The first-order valence-electron chi connectivity index (χ1n) is 11.1. The SMILES string of the molecule is CC(O)C(O)N(Cc1ccc(-c2c(-c3ccccc3)[nH]c3ncc(Br)cc23)cc1)CC(O)CO. The van der Waals surface area contributed by atoms with Gasteiger partial charge in [-0.05, 0) is 45.6 Å². The van der Waals surface area contributed by atoms with E-state index >= 15 is 0 Å². The maximum Gasteiger partial charge on any atom is 0.138 e. The van der Waals surface area contributed by atoms with Gasteiger partial charge in [0.2, 0.25) is 0 Å². The summed E-state index contributed by atoms with van der Waals surface area (Å²) in [6, 6.07) is 20.1. The lowest BCUT2D eigenvalue weighted by Crippen LogP contribution is -2.46. The van der Waals surface area contributed by atoms with Gasteiger partial charge in [-0.3, -0.25) is 4.90 Å². The Kier molecular flexibility index (Phi) is 7.77. The number of fused-ring (bicyclic) bond motifs is 1. The number of aromatic amines is 1. The fourth-order valence-electron chi connectivity index (χ4n) is 4.08. The van der Waals surface area contributed by atoms with Gasteiger partial charge in [-0.15, -0.1) is 0 Å². The summed E-state index contributed by atoms with van der Waals surface area (Å²) in [5.41, 5.74) is 5.77. The molecule has 0 saturated carbocycles. The number of nitrogens with zero attached hydrogens (tertiary/aromatic N) is 2. The monoisotopic (exact) mass is 525 g/mol. The summed E-state index contributed by atoms with van der Waals surface area (Å²) in [7, 11) is 0. The zero-order valence-electron chi connectivity index (χ0n) is 18.8. The van der Waals surface area contributed by atoms with Gasteiger partial charge in [-0.25, -0.2) is 4.98 Å². The summed E-state index contributed by atoms with van der Waals surface area (Å²) in [5.74, 6) is 0. The Bertz CT molecular complexity index is 1230. The number of aliphatic hydroxyl groups excluding tert-OH is 4. The van der Waals surface area contributed by atoms with E-state index in [1.807, 2.05) is 48.5 Å². The highest BCUT2D eigenvalue weighted by Gasteiger charge is 2.23. The molecule has 5 N–H and O–H groups in total. The molecule has 8 heteroatoms. The summed E-state index contributed by atoms with van der Waals surface area (Å²) in [5, 5.41) is 40.3. The molecule has 3 unspecified atom stereocenters. The van der Waals surface area contributed by atoms with E-state index in [9.17, 15) is 20.4 Å². The van der Waals surface area contributed by atoms with Gasteiger partial charge in [0.25, 0.3) is 0 Å². The van der Waals surface area contributed by atoms with Crippen molar-refractivity contribution in [1.82, 2.24) is 14.9 Å². The number of rotatable bonds is 9.